The number of urea groups is 1. The summed E-state index contributed by atoms with van der Waals surface area (Å²) in [5.41, 5.74) is 0. The van der Waals surface area contributed by atoms with E-state index >= 15 is 0 Å². The number of hydrogen-bond donors (Lipinski definition) is 1. The highest BCUT2D eigenvalue weighted by atomic mass is 32.2. The third kappa shape index (κ3) is 5.64. The van der Waals surface area contributed by atoms with Gasteiger partial charge in [0.25, 0.3) is 0 Å². The van der Waals surface area contributed by atoms with Crippen LogP contribution in [0.25, 0.3) is 0 Å². The zero-order chi connectivity index (χ0) is 21.6. The summed E-state index contributed by atoms with van der Waals surface area (Å²) in [6.07, 6.45) is -0.395. The Hall–Kier alpha value is -2.73. The monoisotopic (exact) mass is 431 g/mol. The minimum Gasteiger partial charge on any atom is -0.469 e. The Labute approximate surface area is 167 Å². The molecule has 1 saturated heterocycles. The zero-order valence-electron chi connectivity index (χ0n) is 16.0. The standard InChI is InChI=1S/C17H22FN3O7S/c1-27-15(22)11-14(16(23)28-2)19-17(24)20-7-9-21(10-8-20)29(25,26)13-5-3-12(18)4-6-13/h3-6,14H,7-11H2,1-2H3,(H,19,24)/t14-/m0/s1. The molecule has 1 aliphatic rings. The SMILES string of the molecule is COC(=O)C[C@H](NC(=O)N1CCN(S(=O)(=O)c2ccc(F)cc2)CC1)C(=O)OC. The molecule has 0 unspecified atom stereocenters. The van der Waals surface area contributed by atoms with Gasteiger partial charge in [-0.15, -0.1) is 0 Å². The van der Waals surface area contributed by atoms with Crippen molar-refractivity contribution >= 4 is 28.0 Å². The summed E-state index contributed by atoms with van der Waals surface area (Å²) in [7, 11) is -1.54. The van der Waals surface area contributed by atoms with E-state index in [0.717, 1.165) is 26.4 Å². The van der Waals surface area contributed by atoms with Crippen molar-refractivity contribution < 1.29 is 36.7 Å². The number of nitrogens with zero attached hydrogens (tertiary/aromatic N) is 2. The first kappa shape index (κ1) is 22.6. The number of halogens is 1. The first-order valence-corrected chi connectivity index (χ1v) is 10.1. The summed E-state index contributed by atoms with van der Waals surface area (Å²) in [4.78, 5) is 36.9. The molecule has 1 N–H and O–H groups in total. The van der Waals surface area contributed by atoms with Crippen LogP contribution < -0.4 is 5.32 Å². The molecule has 1 aromatic carbocycles. The average molecular weight is 431 g/mol. The van der Waals surface area contributed by atoms with E-state index < -0.39 is 46.3 Å². The molecule has 1 aromatic rings. The quantitative estimate of drug-likeness (QED) is 0.627. The molecule has 1 heterocycles. The largest absolute Gasteiger partial charge is 0.469 e. The Bertz CT molecular complexity index is 852. The number of esters is 2. The van der Waals surface area contributed by atoms with E-state index in [0.29, 0.717) is 0 Å². The van der Waals surface area contributed by atoms with Crippen LogP contribution >= 0.6 is 0 Å². The van der Waals surface area contributed by atoms with Crippen LogP contribution in [0.5, 0.6) is 0 Å². The minimum absolute atomic E-state index is 0.0209. The van der Waals surface area contributed by atoms with E-state index in [9.17, 15) is 27.2 Å². The molecule has 0 spiro atoms. The van der Waals surface area contributed by atoms with Gasteiger partial charge in [-0.25, -0.2) is 22.4 Å². The molecule has 0 bridgehead atoms. The highest BCUT2D eigenvalue weighted by Gasteiger charge is 2.32. The highest BCUT2D eigenvalue weighted by Crippen LogP contribution is 2.18. The fraction of sp³-hybridized carbons (Fsp3) is 0.471. The molecule has 10 nitrogen and oxygen atoms in total. The Morgan fingerprint density at radius 1 is 1.07 bits per heavy atom. The zero-order valence-corrected chi connectivity index (χ0v) is 16.8. The van der Waals surface area contributed by atoms with E-state index in [-0.39, 0.29) is 31.1 Å². The normalized spacial score (nSPS) is 16.0. The van der Waals surface area contributed by atoms with Crippen molar-refractivity contribution in [3.63, 3.8) is 0 Å². The van der Waals surface area contributed by atoms with Gasteiger partial charge in [0.1, 0.15) is 11.9 Å². The average Bonchev–Trinajstić information content (AvgIpc) is 2.72. The fourth-order valence-electron chi connectivity index (χ4n) is 2.71. The van der Waals surface area contributed by atoms with Gasteiger partial charge >= 0.3 is 18.0 Å². The van der Waals surface area contributed by atoms with Gasteiger partial charge < -0.3 is 19.7 Å². The molecule has 0 aromatic heterocycles. The van der Waals surface area contributed by atoms with Gasteiger partial charge in [-0.2, -0.15) is 4.31 Å². The molecule has 2 rings (SSSR count). The van der Waals surface area contributed by atoms with Crippen molar-refractivity contribution in [1.82, 2.24) is 14.5 Å². The van der Waals surface area contributed by atoms with Crippen LogP contribution in [-0.4, -0.2) is 82.0 Å². The van der Waals surface area contributed by atoms with Gasteiger partial charge in [0, 0.05) is 26.2 Å². The van der Waals surface area contributed by atoms with Crippen LogP contribution in [0, 0.1) is 5.82 Å². The molecular weight excluding hydrogens is 409 g/mol. The van der Waals surface area contributed by atoms with Gasteiger partial charge in [-0.1, -0.05) is 0 Å². The van der Waals surface area contributed by atoms with E-state index in [1.165, 1.54) is 21.3 Å². The molecule has 12 heteroatoms. The van der Waals surface area contributed by atoms with Gasteiger partial charge in [0.2, 0.25) is 10.0 Å². The Kier molecular flexibility index (Phi) is 7.51. The number of ether oxygens (including phenoxy) is 2. The van der Waals surface area contributed by atoms with E-state index in [4.69, 9.17) is 0 Å². The van der Waals surface area contributed by atoms with Gasteiger partial charge in [0.05, 0.1) is 25.5 Å². The first-order chi connectivity index (χ1) is 13.7. The predicted octanol–water partition coefficient (Wildman–Crippen LogP) is -0.0537. The van der Waals surface area contributed by atoms with Crippen LogP contribution in [0.4, 0.5) is 9.18 Å². The Morgan fingerprint density at radius 3 is 2.17 bits per heavy atom. The maximum Gasteiger partial charge on any atom is 0.329 e. The molecule has 0 radical (unpaired) electrons. The lowest BCUT2D eigenvalue weighted by Crippen LogP contribution is -2.55. The second-order valence-corrected chi connectivity index (χ2v) is 8.09. The fourth-order valence-corrected chi connectivity index (χ4v) is 4.14. The summed E-state index contributed by atoms with van der Waals surface area (Å²) in [5, 5.41) is 2.40. The molecule has 1 atom stereocenters. The lowest BCUT2D eigenvalue weighted by atomic mass is 10.2. The van der Waals surface area contributed by atoms with Crippen LogP contribution in [0.2, 0.25) is 0 Å². The Morgan fingerprint density at radius 2 is 1.66 bits per heavy atom. The predicted molar refractivity (Wildman–Crippen MR) is 97.7 cm³/mol. The number of sulfonamides is 1. The summed E-state index contributed by atoms with van der Waals surface area (Å²) < 4.78 is 48.5. The van der Waals surface area contributed by atoms with Gasteiger partial charge in [0.15, 0.2) is 0 Å². The molecule has 160 valence electrons. The number of rotatable bonds is 6. The van der Waals surface area contributed by atoms with Crippen LogP contribution in [0.3, 0.4) is 0 Å². The maximum absolute atomic E-state index is 13.0. The van der Waals surface area contributed by atoms with Crippen molar-refractivity contribution in [2.24, 2.45) is 0 Å². The summed E-state index contributed by atoms with van der Waals surface area (Å²) in [6, 6.07) is 2.62. The molecular formula is C17H22FN3O7S. The topological polar surface area (TPSA) is 122 Å². The van der Waals surface area contributed by atoms with E-state index in [2.05, 4.69) is 14.8 Å². The van der Waals surface area contributed by atoms with E-state index in [1.54, 1.807) is 0 Å². The van der Waals surface area contributed by atoms with Crippen molar-refractivity contribution in [2.45, 2.75) is 17.4 Å². The van der Waals surface area contributed by atoms with Crippen LogP contribution in [0.1, 0.15) is 6.42 Å². The number of benzene rings is 1. The lowest BCUT2D eigenvalue weighted by Gasteiger charge is -2.34. The molecule has 1 aliphatic heterocycles. The molecule has 1 fully saturated rings. The number of piperazine rings is 1. The lowest BCUT2D eigenvalue weighted by molar-refractivity contribution is -0.149. The van der Waals surface area contributed by atoms with E-state index in [1.807, 2.05) is 0 Å². The first-order valence-electron chi connectivity index (χ1n) is 8.65. The minimum atomic E-state index is -3.81. The van der Waals surface area contributed by atoms with Crippen molar-refractivity contribution in [3.8, 4) is 0 Å². The van der Waals surface area contributed by atoms with Crippen LogP contribution in [-0.2, 0) is 29.1 Å². The number of amides is 2. The molecule has 2 amide bonds. The smallest absolute Gasteiger partial charge is 0.329 e. The van der Waals surface area contributed by atoms with Crippen molar-refractivity contribution in [1.29, 1.82) is 0 Å². The number of carbonyl (C=O) groups is 3. The number of nitrogens with one attached hydrogen (secondary N) is 1. The summed E-state index contributed by atoms with van der Waals surface area (Å²) >= 11 is 0. The maximum atomic E-state index is 13.0. The van der Waals surface area contributed by atoms with Gasteiger partial charge in [-0.05, 0) is 24.3 Å². The highest BCUT2D eigenvalue weighted by molar-refractivity contribution is 7.89. The second-order valence-electron chi connectivity index (χ2n) is 6.15. The van der Waals surface area contributed by atoms with Gasteiger partial charge in [-0.3, -0.25) is 4.79 Å². The van der Waals surface area contributed by atoms with Crippen LogP contribution in [0.15, 0.2) is 29.2 Å². The number of hydrogen-bond acceptors (Lipinski definition) is 7. The summed E-state index contributed by atoms with van der Waals surface area (Å²) in [6.45, 7) is 0.177. The number of carbonyl (C=O) groups excluding carboxylic acids is 3. The third-order valence-corrected chi connectivity index (χ3v) is 6.27. The third-order valence-electron chi connectivity index (χ3n) is 4.36. The van der Waals surface area contributed by atoms with Crippen molar-refractivity contribution in [2.75, 3.05) is 40.4 Å². The molecule has 0 saturated carbocycles. The molecule has 29 heavy (non-hydrogen) atoms. The van der Waals surface area contributed by atoms with Crippen molar-refractivity contribution in [3.05, 3.63) is 30.1 Å². The molecule has 0 aliphatic carbocycles. The Balaban J connectivity index is 1.98. The second kappa shape index (κ2) is 9.65. The summed E-state index contributed by atoms with van der Waals surface area (Å²) in [5.74, 6) is -2.05. The number of methoxy groups -OCH3 is 2.